The Hall–Kier alpha value is -1.15. The van der Waals surface area contributed by atoms with Gasteiger partial charge in [-0.3, -0.25) is 4.90 Å². The summed E-state index contributed by atoms with van der Waals surface area (Å²) in [5.41, 5.74) is 2.38. The third-order valence-corrected chi connectivity index (χ3v) is 4.58. The molecule has 1 aromatic carbocycles. The minimum atomic E-state index is -3.60. The highest BCUT2D eigenvalue weighted by atomic mass is 32.2. The van der Waals surface area contributed by atoms with Crippen LogP contribution in [-0.2, 0) is 16.8 Å². The van der Waals surface area contributed by atoms with Crippen molar-refractivity contribution in [3.05, 3.63) is 29.3 Å². The topological polar surface area (TPSA) is 84.7 Å². The van der Waals surface area contributed by atoms with Crippen molar-refractivity contribution in [2.75, 3.05) is 26.7 Å². The molecule has 0 unspecified atom stereocenters. The van der Waals surface area contributed by atoms with Gasteiger partial charge in [0.15, 0.2) is 0 Å². The molecule has 0 bridgehead atoms. The van der Waals surface area contributed by atoms with E-state index in [1.165, 1.54) is 11.1 Å². The molecule has 0 radical (unpaired) electrons. The molecule has 1 saturated heterocycles. The standard InChI is InChI=1S/C15H25N3O3S/c1-12-5-6-15(21-2)14(8-12)11-18-7-3-4-13(10-18)9-17-22(16,19)20/h5-6,8,13,17H,3-4,7,9-11H2,1-2H3,(H2,16,19,20)/t13-/m0/s1. The van der Waals surface area contributed by atoms with Gasteiger partial charge in [0.05, 0.1) is 7.11 Å². The van der Waals surface area contributed by atoms with Gasteiger partial charge in [-0.1, -0.05) is 17.7 Å². The zero-order valence-electron chi connectivity index (χ0n) is 13.2. The maximum absolute atomic E-state index is 11.0. The van der Waals surface area contributed by atoms with Gasteiger partial charge >= 0.3 is 0 Å². The van der Waals surface area contributed by atoms with E-state index in [0.717, 1.165) is 38.2 Å². The molecule has 7 heteroatoms. The van der Waals surface area contributed by atoms with Crippen LogP contribution in [0, 0.1) is 12.8 Å². The third-order valence-electron chi connectivity index (χ3n) is 4.01. The van der Waals surface area contributed by atoms with Crippen LogP contribution in [0.25, 0.3) is 0 Å². The van der Waals surface area contributed by atoms with Crippen molar-refractivity contribution in [1.29, 1.82) is 0 Å². The minimum Gasteiger partial charge on any atom is -0.496 e. The Morgan fingerprint density at radius 3 is 2.91 bits per heavy atom. The van der Waals surface area contributed by atoms with Crippen LogP contribution in [0.4, 0.5) is 0 Å². The Balaban J connectivity index is 1.97. The lowest BCUT2D eigenvalue weighted by molar-refractivity contribution is 0.167. The number of methoxy groups -OCH3 is 1. The summed E-state index contributed by atoms with van der Waals surface area (Å²) >= 11 is 0. The first kappa shape index (κ1) is 17.2. The summed E-state index contributed by atoms with van der Waals surface area (Å²) in [6.45, 7) is 5.16. The number of rotatable bonds is 6. The van der Waals surface area contributed by atoms with Crippen LogP contribution in [0.3, 0.4) is 0 Å². The van der Waals surface area contributed by atoms with Crippen molar-refractivity contribution in [2.24, 2.45) is 11.1 Å². The van der Waals surface area contributed by atoms with E-state index < -0.39 is 10.2 Å². The molecule has 1 heterocycles. The number of likely N-dealkylation sites (tertiary alicyclic amines) is 1. The molecular formula is C15H25N3O3S. The van der Waals surface area contributed by atoms with E-state index in [2.05, 4.69) is 22.6 Å². The monoisotopic (exact) mass is 327 g/mol. The maximum atomic E-state index is 11.0. The molecule has 1 aromatic rings. The number of piperidine rings is 1. The number of hydrogen-bond donors (Lipinski definition) is 2. The molecule has 22 heavy (non-hydrogen) atoms. The molecule has 0 spiro atoms. The van der Waals surface area contributed by atoms with Crippen molar-refractivity contribution >= 4 is 10.2 Å². The van der Waals surface area contributed by atoms with Crippen LogP contribution >= 0.6 is 0 Å². The second-order valence-corrected chi connectivity index (χ2v) is 7.33. The van der Waals surface area contributed by atoms with Crippen LogP contribution in [0.5, 0.6) is 5.75 Å². The number of nitrogens with two attached hydrogens (primary N) is 1. The van der Waals surface area contributed by atoms with E-state index in [0.29, 0.717) is 12.5 Å². The third kappa shape index (κ3) is 5.24. The lowest BCUT2D eigenvalue weighted by Crippen LogP contribution is -2.42. The Morgan fingerprint density at radius 1 is 1.45 bits per heavy atom. The van der Waals surface area contributed by atoms with E-state index in [1.807, 2.05) is 12.1 Å². The number of nitrogens with one attached hydrogen (secondary N) is 1. The second-order valence-electron chi connectivity index (χ2n) is 5.95. The molecule has 1 atom stereocenters. The van der Waals surface area contributed by atoms with Crippen molar-refractivity contribution in [3.8, 4) is 5.75 Å². The van der Waals surface area contributed by atoms with E-state index in [4.69, 9.17) is 9.88 Å². The first-order valence-corrected chi connectivity index (χ1v) is 9.05. The fourth-order valence-electron chi connectivity index (χ4n) is 2.97. The largest absolute Gasteiger partial charge is 0.496 e. The summed E-state index contributed by atoms with van der Waals surface area (Å²) in [7, 11) is -1.92. The van der Waals surface area contributed by atoms with Crippen LogP contribution in [0.1, 0.15) is 24.0 Å². The van der Waals surface area contributed by atoms with Gasteiger partial charge in [0.2, 0.25) is 0 Å². The summed E-state index contributed by atoms with van der Waals surface area (Å²) in [6, 6.07) is 6.18. The number of benzene rings is 1. The van der Waals surface area contributed by atoms with Crippen molar-refractivity contribution in [3.63, 3.8) is 0 Å². The molecule has 124 valence electrons. The van der Waals surface area contributed by atoms with E-state index in [9.17, 15) is 8.42 Å². The van der Waals surface area contributed by atoms with Gasteiger partial charge in [0.1, 0.15) is 5.75 Å². The van der Waals surface area contributed by atoms with Crippen molar-refractivity contribution in [1.82, 2.24) is 9.62 Å². The van der Waals surface area contributed by atoms with E-state index in [1.54, 1.807) is 7.11 Å². The van der Waals surface area contributed by atoms with Gasteiger partial charge in [-0.25, -0.2) is 9.86 Å². The highest BCUT2D eigenvalue weighted by Crippen LogP contribution is 2.24. The highest BCUT2D eigenvalue weighted by molar-refractivity contribution is 7.87. The zero-order valence-corrected chi connectivity index (χ0v) is 14.0. The molecule has 1 fully saturated rings. The van der Waals surface area contributed by atoms with Gasteiger partial charge in [0.25, 0.3) is 10.2 Å². The van der Waals surface area contributed by atoms with Crippen LogP contribution in [0.2, 0.25) is 0 Å². The Morgan fingerprint density at radius 2 is 2.23 bits per heavy atom. The number of nitrogens with zero attached hydrogens (tertiary/aromatic N) is 1. The van der Waals surface area contributed by atoms with Crippen molar-refractivity contribution < 1.29 is 13.2 Å². The minimum absolute atomic E-state index is 0.294. The molecular weight excluding hydrogens is 302 g/mol. The average Bonchev–Trinajstić information content (AvgIpc) is 2.45. The highest BCUT2D eigenvalue weighted by Gasteiger charge is 2.21. The Bertz CT molecular complexity index is 604. The van der Waals surface area contributed by atoms with E-state index >= 15 is 0 Å². The molecule has 0 aromatic heterocycles. The fraction of sp³-hybridized carbons (Fsp3) is 0.600. The van der Waals surface area contributed by atoms with Gasteiger partial charge in [0, 0.05) is 25.2 Å². The molecule has 0 aliphatic carbocycles. The summed E-state index contributed by atoms with van der Waals surface area (Å²) in [6.07, 6.45) is 2.08. The Labute approximate surface area is 132 Å². The Kier molecular flexibility index (Phi) is 5.80. The molecule has 6 nitrogen and oxygen atoms in total. The maximum Gasteiger partial charge on any atom is 0.274 e. The number of aryl methyl sites for hydroxylation is 1. The van der Waals surface area contributed by atoms with Crippen LogP contribution in [0.15, 0.2) is 18.2 Å². The molecule has 0 amide bonds. The lowest BCUT2D eigenvalue weighted by Gasteiger charge is -2.33. The quantitative estimate of drug-likeness (QED) is 0.816. The fourth-order valence-corrected chi connectivity index (χ4v) is 3.44. The summed E-state index contributed by atoms with van der Waals surface area (Å²) in [5, 5.41) is 5.00. The SMILES string of the molecule is COc1ccc(C)cc1CN1CCC[C@@H](CNS(N)(=O)=O)C1. The molecule has 1 aliphatic heterocycles. The number of hydrogen-bond acceptors (Lipinski definition) is 4. The second kappa shape index (κ2) is 7.41. The average molecular weight is 327 g/mol. The molecule has 0 saturated carbocycles. The summed E-state index contributed by atoms with van der Waals surface area (Å²) in [4.78, 5) is 2.34. The van der Waals surface area contributed by atoms with Crippen molar-refractivity contribution in [2.45, 2.75) is 26.3 Å². The zero-order chi connectivity index (χ0) is 16.2. The first-order valence-electron chi connectivity index (χ1n) is 7.50. The molecule has 1 aliphatic rings. The molecule has 3 N–H and O–H groups in total. The lowest BCUT2D eigenvalue weighted by atomic mass is 9.97. The summed E-state index contributed by atoms with van der Waals surface area (Å²) in [5.74, 6) is 1.19. The van der Waals surface area contributed by atoms with Gasteiger partial charge < -0.3 is 4.74 Å². The predicted octanol–water partition coefficient (Wildman–Crippen LogP) is 1.01. The first-order chi connectivity index (χ1) is 10.4. The van der Waals surface area contributed by atoms with Gasteiger partial charge in [-0.05, 0) is 38.3 Å². The van der Waals surface area contributed by atoms with Crippen LogP contribution in [-0.4, -0.2) is 40.1 Å². The summed E-state index contributed by atoms with van der Waals surface area (Å²) < 4.78 is 29.8. The number of ether oxygens (including phenoxy) is 1. The normalized spacial score (nSPS) is 20.0. The predicted molar refractivity (Wildman–Crippen MR) is 86.8 cm³/mol. The smallest absolute Gasteiger partial charge is 0.274 e. The molecule has 2 rings (SSSR count). The van der Waals surface area contributed by atoms with Gasteiger partial charge in [-0.15, -0.1) is 0 Å². The van der Waals surface area contributed by atoms with Gasteiger partial charge in [-0.2, -0.15) is 8.42 Å². The van der Waals surface area contributed by atoms with E-state index in [-0.39, 0.29) is 0 Å². The van der Waals surface area contributed by atoms with Crippen LogP contribution < -0.4 is 14.6 Å².